The summed E-state index contributed by atoms with van der Waals surface area (Å²) < 4.78 is 5.48. The summed E-state index contributed by atoms with van der Waals surface area (Å²) in [4.78, 5) is 31.0. The van der Waals surface area contributed by atoms with Crippen LogP contribution in [-0.4, -0.2) is 33.8 Å². The van der Waals surface area contributed by atoms with Crippen molar-refractivity contribution in [2.45, 2.75) is 115 Å². The Morgan fingerprint density at radius 1 is 1.03 bits per heavy atom. The minimum Gasteiger partial charge on any atom is -0.446 e. The molecule has 1 heterocycles. The summed E-state index contributed by atoms with van der Waals surface area (Å²) in [6.45, 7) is 2.62. The number of nitrogens with one attached hydrogen (secondary N) is 1. The average molecular weight is 404 g/mol. The van der Waals surface area contributed by atoms with E-state index in [4.69, 9.17) is 4.42 Å². The van der Waals surface area contributed by atoms with E-state index in [1.54, 1.807) is 0 Å². The minimum absolute atomic E-state index is 0.179. The smallest absolute Gasteiger partial charge is 0.273 e. The maximum Gasteiger partial charge on any atom is 0.273 e. The van der Waals surface area contributed by atoms with Crippen LogP contribution in [0.3, 0.4) is 0 Å². The van der Waals surface area contributed by atoms with E-state index in [0.29, 0.717) is 36.6 Å². The molecule has 29 heavy (non-hydrogen) atoms. The molecule has 2 aliphatic carbocycles. The Kier molecular flexibility index (Phi) is 8.56. The fraction of sp³-hybridized carbons (Fsp3) is 0.783. The van der Waals surface area contributed by atoms with Crippen LogP contribution >= 0.6 is 0 Å². The van der Waals surface area contributed by atoms with Crippen LogP contribution in [0.5, 0.6) is 0 Å². The van der Waals surface area contributed by atoms with Crippen molar-refractivity contribution in [3.05, 3.63) is 17.8 Å². The van der Waals surface area contributed by atoms with Gasteiger partial charge in [-0.2, -0.15) is 0 Å². The number of oxazole rings is 1. The van der Waals surface area contributed by atoms with Gasteiger partial charge in [0.05, 0.1) is 6.54 Å². The largest absolute Gasteiger partial charge is 0.446 e. The first-order valence-corrected chi connectivity index (χ1v) is 11.7. The monoisotopic (exact) mass is 403 g/mol. The van der Waals surface area contributed by atoms with Gasteiger partial charge in [-0.3, -0.25) is 9.59 Å². The molecule has 2 fully saturated rings. The van der Waals surface area contributed by atoms with Crippen LogP contribution in [0.1, 0.15) is 113 Å². The summed E-state index contributed by atoms with van der Waals surface area (Å²) >= 11 is 0. The third kappa shape index (κ3) is 7.82. The van der Waals surface area contributed by atoms with Gasteiger partial charge in [-0.1, -0.05) is 58.3 Å². The molecule has 2 saturated carbocycles. The molecule has 0 aliphatic heterocycles. The Morgan fingerprint density at radius 2 is 1.69 bits per heavy atom. The summed E-state index contributed by atoms with van der Waals surface area (Å²) in [6, 6.07) is 0.611. The number of unbranched alkanes of at least 4 members (excludes halogenated alkanes) is 8. The zero-order valence-electron chi connectivity index (χ0n) is 18.0. The van der Waals surface area contributed by atoms with E-state index in [9.17, 15) is 9.59 Å². The van der Waals surface area contributed by atoms with Crippen LogP contribution in [0, 0.1) is 0 Å². The van der Waals surface area contributed by atoms with Crippen LogP contribution < -0.4 is 5.32 Å². The molecule has 1 aromatic rings. The van der Waals surface area contributed by atoms with E-state index < -0.39 is 0 Å². The molecule has 2 aliphatic rings. The molecule has 1 aromatic heterocycles. The summed E-state index contributed by atoms with van der Waals surface area (Å²) in [6.07, 6.45) is 17.5. The van der Waals surface area contributed by atoms with Crippen LogP contribution in [0.15, 0.2) is 10.7 Å². The van der Waals surface area contributed by atoms with Crippen LogP contribution in [-0.2, 0) is 11.3 Å². The topological polar surface area (TPSA) is 75.4 Å². The highest BCUT2D eigenvalue weighted by molar-refractivity contribution is 5.92. The minimum atomic E-state index is -0.179. The summed E-state index contributed by atoms with van der Waals surface area (Å²) in [5.74, 6) is 0.470. The first kappa shape index (κ1) is 21.8. The molecule has 0 saturated heterocycles. The third-order valence-electron chi connectivity index (χ3n) is 5.80. The Bertz CT molecular complexity index is 650. The van der Waals surface area contributed by atoms with Crippen molar-refractivity contribution in [2.75, 3.05) is 0 Å². The maximum absolute atomic E-state index is 12.7. The number of aromatic nitrogens is 1. The summed E-state index contributed by atoms with van der Waals surface area (Å²) in [7, 11) is 0. The van der Waals surface area contributed by atoms with Gasteiger partial charge in [-0.05, 0) is 32.1 Å². The molecule has 0 aromatic carbocycles. The molecule has 0 bridgehead atoms. The first-order chi connectivity index (χ1) is 14.2. The number of nitrogens with zero attached hydrogens (tertiary/aromatic N) is 2. The molecular weight excluding hydrogens is 366 g/mol. The predicted octanol–water partition coefficient (Wildman–Crippen LogP) is 4.98. The molecule has 0 spiro atoms. The molecule has 6 heteroatoms. The van der Waals surface area contributed by atoms with Crippen molar-refractivity contribution in [1.29, 1.82) is 0 Å². The molecule has 162 valence electrons. The molecule has 6 nitrogen and oxygen atoms in total. The molecule has 2 amide bonds. The van der Waals surface area contributed by atoms with Gasteiger partial charge >= 0.3 is 0 Å². The van der Waals surface area contributed by atoms with E-state index in [-0.39, 0.29) is 11.8 Å². The zero-order chi connectivity index (χ0) is 20.5. The highest BCUT2D eigenvalue weighted by Crippen LogP contribution is 2.29. The van der Waals surface area contributed by atoms with Crippen molar-refractivity contribution < 1.29 is 14.0 Å². The Balaban J connectivity index is 1.34. The van der Waals surface area contributed by atoms with Crippen LogP contribution in [0.25, 0.3) is 0 Å². The lowest BCUT2D eigenvalue weighted by Gasteiger charge is -2.20. The lowest BCUT2D eigenvalue weighted by atomic mass is 10.1. The number of rotatable bonds is 15. The van der Waals surface area contributed by atoms with Crippen molar-refractivity contribution in [1.82, 2.24) is 15.2 Å². The standard InChI is InChI=1S/C23H37N3O3/c1-2-3-4-5-6-7-8-9-10-11-22(27)26(19-14-15-19)16-21-25-20(17-29-21)23(28)24-18-12-13-18/h17-19H,2-16H2,1H3,(H,24,28). The van der Waals surface area contributed by atoms with Crippen molar-refractivity contribution in [3.8, 4) is 0 Å². The van der Waals surface area contributed by atoms with Gasteiger partial charge in [0.15, 0.2) is 5.69 Å². The number of carbonyl (C=O) groups is 2. The lowest BCUT2D eigenvalue weighted by molar-refractivity contribution is -0.132. The second kappa shape index (κ2) is 11.4. The highest BCUT2D eigenvalue weighted by Gasteiger charge is 2.33. The van der Waals surface area contributed by atoms with E-state index in [0.717, 1.165) is 38.5 Å². The average Bonchev–Trinajstić information content (AvgIpc) is 3.65. The van der Waals surface area contributed by atoms with Crippen LogP contribution in [0.4, 0.5) is 0 Å². The fourth-order valence-corrected chi connectivity index (χ4v) is 3.66. The second-order valence-electron chi connectivity index (χ2n) is 8.71. The third-order valence-corrected chi connectivity index (χ3v) is 5.80. The molecule has 0 radical (unpaired) electrons. The normalized spacial score (nSPS) is 16.0. The summed E-state index contributed by atoms with van der Waals surface area (Å²) in [5, 5.41) is 2.91. The quantitative estimate of drug-likeness (QED) is 0.419. The van der Waals surface area contributed by atoms with Gasteiger partial charge in [0.2, 0.25) is 11.8 Å². The predicted molar refractivity (Wildman–Crippen MR) is 112 cm³/mol. The highest BCUT2D eigenvalue weighted by atomic mass is 16.3. The van der Waals surface area contributed by atoms with E-state index in [1.807, 2.05) is 4.90 Å². The van der Waals surface area contributed by atoms with Crippen molar-refractivity contribution in [2.24, 2.45) is 0 Å². The molecule has 0 atom stereocenters. The number of hydrogen-bond donors (Lipinski definition) is 1. The Labute approximate surface area is 174 Å². The molecule has 1 N–H and O–H groups in total. The molecular formula is C23H37N3O3. The Hall–Kier alpha value is -1.85. The first-order valence-electron chi connectivity index (χ1n) is 11.7. The van der Waals surface area contributed by atoms with Crippen molar-refractivity contribution in [3.63, 3.8) is 0 Å². The fourth-order valence-electron chi connectivity index (χ4n) is 3.66. The van der Waals surface area contributed by atoms with E-state index >= 15 is 0 Å². The van der Waals surface area contributed by atoms with Crippen molar-refractivity contribution >= 4 is 11.8 Å². The van der Waals surface area contributed by atoms with Gasteiger partial charge in [0.1, 0.15) is 6.26 Å². The van der Waals surface area contributed by atoms with E-state index in [2.05, 4.69) is 17.2 Å². The number of amides is 2. The van der Waals surface area contributed by atoms with Gasteiger partial charge in [-0.15, -0.1) is 0 Å². The zero-order valence-corrected chi connectivity index (χ0v) is 18.0. The SMILES string of the molecule is CCCCCCCCCCCC(=O)N(Cc1nc(C(=O)NC2CC2)co1)C1CC1. The summed E-state index contributed by atoms with van der Waals surface area (Å²) in [5.41, 5.74) is 0.314. The van der Waals surface area contributed by atoms with Gasteiger partial charge in [0, 0.05) is 18.5 Å². The molecule has 0 unspecified atom stereocenters. The Morgan fingerprint density at radius 3 is 2.31 bits per heavy atom. The van der Waals surface area contributed by atoms with Gasteiger partial charge in [0.25, 0.3) is 5.91 Å². The lowest BCUT2D eigenvalue weighted by Crippen LogP contribution is -2.32. The van der Waals surface area contributed by atoms with Gasteiger partial charge < -0.3 is 14.6 Å². The van der Waals surface area contributed by atoms with Gasteiger partial charge in [-0.25, -0.2) is 4.98 Å². The number of carbonyl (C=O) groups excluding carboxylic acids is 2. The van der Waals surface area contributed by atoms with E-state index in [1.165, 1.54) is 51.2 Å². The molecule has 3 rings (SSSR count). The number of hydrogen-bond acceptors (Lipinski definition) is 4. The second-order valence-corrected chi connectivity index (χ2v) is 8.71. The van der Waals surface area contributed by atoms with Crippen LogP contribution in [0.2, 0.25) is 0 Å². The maximum atomic E-state index is 12.7.